The molecule has 0 aliphatic carbocycles. The van der Waals surface area contributed by atoms with E-state index in [4.69, 9.17) is 4.74 Å². The van der Waals surface area contributed by atoms with Gasteiger partial charge in [0.05, 0.1) is 13.2 Å². The van der Waals surface area contributed by atoms with E-state index in [1.807, 2.05) is 6.07 Å². The normalized spacial score (nSPS) is 12.4. The van der Waals surface area contributed by atoms with Crippen molar-refractivity contribution in [3.05, 3.63) is 50.1 Å². The van der Waals surface area contributed by atoms with E-state index in [1.54, 1.807) is 18.4 Å². The van der Waals surface area contributed by atoms with Crippen molar-refractivity contribution >= 4 is 27.3 Å². The summed E-state index contributed by atoms with van der Waals surface area (Å²) in [5, 5.41) is 5.78. The SMILES string of the molecule is CCCNC(c1ccc(Br)cc1OC)c1ccsc1C. The van der Waals surface area contributed by atoms with Gasteiger partial charge in [-0.1, -0.05) is 28.9 Å². The van der Waals surface area contributed by atoms with Crippen LogP contribution in [0.2, 0.25) is 0 Å². The van der Waals surface area contributed by atoms with Crippen LogP contribution in [0.4, 0.5) is 0 Å². The minimum absolute atomic E-state index is 0.184. The van der Waals surface area contributed by atoms with Gasteiger partial charge in [-0.05, 0) is 49.0 Å². The number of benzene rings is 1. The van der Waals surface area contributed by atoms with Gasteiger partial charge in [-0.3, -0.25) is 0 Å². The average molecular weight is 354 g/mol. The van der Waals surface area contributed by atoms with Gasteiger partial charge in [-0.2, -0.15) is 0 Å². The Hall–Kier alpha value is -0.840. The molecule has 2 nitrogen and oxygen atoms in total. The van der Waals surface area contributed by atoms with Crippen molar-refractivity contribution in [1.82, 2.24) is 5.32 Å². The molecule has 0 spiro atoms. The van der Waals surface area contributed by atoms with Crippen molar-refractivity contribution in [3.8, 4) is 5.75 Å². The maximum absolute atomic E-state index is 5.56. The second-order valence-corrected chi connectivity index (χ2v) is 6.74. The summed E-state index contributed by atoms with van der Waals surface area (Å²) in [7, 11) is 1.72. The zero-order valence-corrected chi connectivity index (χ0v) is 14.5. The number of rotatable bonds is 6. The minimum atomic E-state index is 0.184. The number of methoxy groups -OCH3 is 1. The summed E-state index contributed by atoms with van der Waals surface area (Å²) in [6.45, 7) is 5.34. The van der Waals surface area contributed by atoms with Gasteiger partial charge in [0.15, 0.2) is 0 Å². The van der Waals surface area contributed by atoms with Gasteiger partial charge in [0.25, 0.3) is 0 Å². The fourth-order valence-electron chi connectivity index (χ4n) is 2.29. The van der Waals surface area contributed by atoms with Crippen LogP contribution in [0.3, 0.4) is 0 Å². The molecule has 0 fully saturated rings. The lowest BCUT2D eigenvalue weighted by Crippen LogP contribution is -2.23. The third-order valence-electron chi connectivity index (χ3n) is 3.31. The van der Waals surface area contributed by atoms with Crippen LogP contribution in [0.25, 0.3) is 0 Å². The first kappa shape index (κ1) is 15.5. The van der Waals surface area contributed by atoms with Crippen LogP contribution < -0.4 is 10.1 Å². The highest BCUT2D eigenvalue weighted by atomic mass is 79.9. The molecule has 1 atom stereocenters. The molecule has 0 amide bonds. The first-order chi connectivity index (χ1) is 9.67. The highest BCUT2D eigenvalue weighted by Gasteiger charge is 2.20. The highest BCUT2D eigenvalue weighted by Crippen LogP contribution is 2.35. The topological polar surface area (TPSA) is 21.3 Å². The van der Waals surface area contributed by atoms with Crippen LogP contribution in [-0.4, -0.2) is 13.7 Å². The summed E-state index contributed by atoms with van der Waals surface area (Å²) in [5.41, 5.74) is 2.52. The summed E-state index contributed by atoms with van der Waals surface area (Å²) in [6.07, 6.45) is 1.11. The Labute approximate surface area is 133 Å². The van der Waals surface area contributed by atoms with Crippen molar-refractivity contribution in [3.63, 3.8) is 0 Å². The van der Waals surface area contributed by atoms with Crippen molar-refractivity contribution in [2.45, 2.75) is 26.3 Å². The molecule has 0 saturated carbocycles. The number of thiophene rings is 1. The molecule has 1 heterocycles. The summed E-state index contributed by atoms with van der Waals surface area (Å²) in [5.74, 6) is 0.915. The first-order valence-corrected chi connectivity index (χ1v) is 8.45. The molecule has 2 aromatic rings. The molecular formula is C16H20BrNOS. The monoisotopic (exact) mass is 353 g/mol. The van der Waals surface area contributed by atoms with E-state index < -0.39 is 0 Å². The Morgan fingerprint density at radius 2 is 2.10 bits per heavy atom. The second-order valence-electron chi connectivity index (χ2n) is 4.71. The smallest absolute Gasteiger partial charge is 0.125 e. The van der Waals surface area contributed by atoms with Gasteiger partial charge < -0.3 is 10.1 Å². The lowest BCUT2D eigenvalue weighted by molar-refractivity contribution is 0.403. The van der Waals surface area contributed by atoms with E-state index in [2.05, 4.69) is 58.7 Å². The molecule has 108 valence electrons. The molecule has 0 saturated heterocycles. The predicted octanol–water partition coefficient (Wildman–Crippen LogP) is 4.92. The quantitative estimate of drug-likeness (QED) is 0.795. The molecule has 1 aromatic heterocycles. The molecule has 1 unspecified atom stereocenters. The van der Waals surface area contributed by atoms with E-state index in [0.29, 0.717) is 0 Å². The van der Waals surface area contributed by atoms with Gasteiger partial charge >= 0.3 is 0 Å². The third kappa shape index (κ3) is 3.43. The molecule has 1 N–H and O–H groups in total. The Bertz CT molecular complexity index is 567. The summed E-state index contributed by atoms with van der Waals surface area (Å²) in [6, 6.07) is 8.62. The average Bonchev–Trinajstić information content (AvgIpc) is 2.86. The molecule has 0 radical (unpaired) electrons. The van der Waals surface area contributed by atoms with Crippen molar-refractivity contribution in [1.29, 1.82) is 0 Å². The fraction of sp³-hybridized carbons (Fsp3) is 0.375. The number of hydrogen-bond acceptors (Lipinski definition) is 3. The van der Waals surface area contributed by atoms with Gasteiger partial charge in [0, 0.05) is 14.9 Å². The van der Waals surface area contributed by atoms with Crippen molar-refractivity contribution < 1.29 is 4.74 Å². The number of halogens is 1. The molecule has 4 heteroatoms. The number of nitrogens with one attached hydrogen (secondary N) is 1. The number of ether oxygens (including phenoxy) is 1. The summed E-state index contributed by atoms with van der Waals surface area (Å²) < 4.78 is 6.59. The van der Waals surface area contributed by atoms with E-state index in [0.717, 1.165) is 23.2 Å². The standard InChI is InChI=1S/C16H20BrNOS/c1-4-8-18-16(13-7-9-20-11(13)2)14-6-5-12(17)10-15(14)19-3/h5-7,9-10,16,18H,4,8H2,1-3H3. The zero-order valence-electron chi connectivity index (χ0n) is 12.1. The lowest BCUT2D eigenvalue weighted by Gasteiger charge is -2.22. The molecule has 20 heavy (non-hydrogen) atoms. The van der Waals surface area contributed by atoms with Crippen LogP contribution in [-0.2, 0) is 0 Å². The van der Waals surface area contributed by atoms with E-state index in [-0.39, 0.29) is 6.04 Å². The van der Waals surface area contributed by atoms with Crippen LogP contribution in [0.5, 0.6) is 5.75 Å². The van der Waals surface area contributed by atoms with E-state index >= 15 is 0 Å². The second kappa shape index (κ2) is 7.25. The van der Waals surface area contributed by atoms with Crippen molar-refractivity contribution in [2.75, 3.05) is 13.7 Å². The van der Waals surface area contributed by atoms with Gasteiger partial charge in [0.1, 0.15) is 5.75 Å². The summed E-state index contributed by atoms with van der Waals surface area (Å²) in [4.78, 5) is 1.35. The molecule has 0 aliphatic heterocycles. The van der Waals surface area contributed by atoms with E-state index in [9.17, 15) is 0 Å². The Balaban J connectivity index is 2.43. The molecule has 0 bridgehead atoms. The third-order valence-corrected chi connectivity index (χ3v) is 4.67. The van der Waals surface area contributed by atoms with Crippen LogP contribution in [0, 0.1) is 6.92 Å². The summed E-state index contributed by atoms with van der Waals surface area (Å²) >= 11 is 5.29. The Kier molecular flexibility index (Phi) is 5.64. The molecule has 0 aliphatic rings. The largest absolute Gasteiger partial charge is 0.496 e. The van der Waals surface area contributed by atoms with Gasteiger partial charge in [-0.25, -0.2) is 0 Å². The van der Waals surface area contributed by atoms with E-state index in [1.165, 1.54) is 16.0 Å². The van der Waals surface area contributed by atoms with Gasteiger partial charge in [0.2, 0.25) is 0 Å². The molecular weight excluding hydrogens is 334 g/mol. The molecule has 2 rings (SSSR count). The highest BCUT2D eigenvalue weighted by molar-refractivity contribution is 9.10. The first-order valence-electron chi connectivity index (χ1n) is 6.78. The van der Waals surface area contributed by atoms with Crippen molar-refractivity contribution in [2.24, 2.45) is 0 Å². The number of hydrogen-bond donors (Lipinski definition) is 1. The predicted molar refractivity (Wildman–Crippen MR) is 89.9 cm³/mol. The fourth-order valence-corrected chi connectivity index (χ4v) is 3.37. The minimum Gasteiger partial charge on any atom is -0.496 e. The maximum atomic E-state index is 5.56. The Morgan fingerprint density at radius 1 is 1.30 bits per heavy atom. The lowest BCUT2D eigenvalue weighted by atomic mass is 9.98. The van der Waals surface area contributed by atoms with Crippen LogP contribution >= 0.6 is 27.3 Å². The Morgan fingerprint density at radius 3 is 2.70 bits per heavy atom. The molecule has 1 aromatic carbocycles. The van der Waals surface area contributed by atoms with Crippen LogP contribution in [0.15, 0.2) is 34.1 Å². The van der Waals surface area contributed by atoms with Crippen LogP contribution in [0.1, 0.15) is 35.4 Å². The zero-order chi connectivity index (χ0) is 14.5. The maximum Gasteiger partial charge on any atom is 0.125 e. The van der Waals surface area contributed by atoms with Gasteiger partial charge in [-0.15, -0.1) is 11.3 Å². The number of aryl methyl sites for hydroxylation is 1.